The lowest BCUT2D eigenvalue weighted by Gasteiger charge is -2.09. The van der Waals surface area contributed by atoms with Crippen molar-refractivity contribution < 1.29 is 27.4 Å². The zero-order valence-corrected chi connectivity index (χ0v) is 68.7. The van der Waals surface area contributed by atoms with Crippen LogP contribution in [-0.4, -0.2) is 49.8 Å². The summed E-state index contributed by atoms with van der Waals surface area (Å²) < 4.78 is 12.5. The summed E-state index contributed by atoms with van der Waals surface area (Å²) in [5, 5.41) is 5.68. The maximum Gasteiger partial charge on any atom is 0.289 e. The van der Waals surface area contributed by atoms with E-state index in [0.29, 0.717) is 11.8 Å². The third kappa shape index (κ3) is 18.0. The first-order chi connectivity index (χ1) is 55.7. The molecule has 0 aliphatic rings. The highest BCUT2D eigenvalue weighted by Crippen LogP contribution is 2.33. The molecule has 0 spiro atoms. The van der Waals surface area contributed by atoms with Gasteiger partial charge in [0.05, 0.1) is 61.7 Å². The van der Waals surface area contributed by atoms with Crippen molar-refractivity contribution in [3.05, 3.63) is 338 Å². The van der Waals surface area contributed by atoms with Crippen LogP contribution in [0.15, 0.2) is 293 Å². The molecule has 570 valence electrons. The highest BCUT2D eigenvalue weighted by atomic mass is 15.0. The number of rotatable bonds is 9. The normalized spacial score (nSPS) is 11.0. The number of benzene rings is 6. The Kier molecular flexibility index (Phi) is 25.1. The van der Waals surface area contributed by atoms with E-state index in [1.807, 2.05) is 116 Å². The van der Waals surface area contributed by atoms with E-state index in [4.69, 9.17) is 9.97 Å². The number of aromatic nitrogens is 16. The number of nitrogens with zero attached hydrogens (tertiary/aromatic N) is 16. The topological polar surface area (TPSA) is 152 Å². The van der Waals surface area contributed by atoms with Gasteiger partial charge in [-0.3, -0.25) is 9.97 Å². The van der Waals surface area contributed by atoms with Gasteiger partial charge >= 0.3 is 0 Å². The van der Waals surface area contributed by atoms with E-state index in [0.717, 1.165) is 84.1 Å². The third-order valence-electron chi connectivity index (χ3n) is 20.7. The summed E-state index contributed by atoms with van der Waals surface area (Å²) in [5.74, 6) is 1.05. The molecule has 18 aromatic rings. The van der Waals surface area contributed by atoms with Crippen LogP contribution in [0.3, 0.4) is 0 Å². The van der Waals surface area contributed by atoms with Gasteiger partial charge in [-0.2, -0.15) is 9.13 Å². The van der Waals surface area contributed by atoms with Gasteiger partial charge in [0.1, 0.15) is 42.2 Å². The van der Waals surface area contributed by atoms with Crippen LogP contribution in [0.2, 0.25) is 0 Å². The van der Waals surface area contributed by atoms with Crippen molar-refractivity contribution in [1.82, 2.24) is 49.8 Å². The Morgan fingerprint density at radius 2 is 0.687 bits per heavy atom. The van der Waals surface area contributed by atoms with E-state index in [9.17, 15) is 0 Å². The number of fused-ring (bicyclic) bond motifs is 6. The molecule has 16 nitrogen and oxygen atoms in total. The summed E-state index contributed by atoms with van der Waals surface area (Å²) in [4.78, 5) is 44.6. The van der Waals surface area contributed by atoms with Crippen molar-refractivity contribution in [2.75, 3.05) is 0 Å². The highest BCUT2D eigenvalue weighted by Gasteiger charge is 2.24. The van der Waals surface area contributed by atoms with E-state index >= 15 is 0 Å². The molecule has 115 heavy (non-hydrogen) atoms. The zero-order chi connectivity index (χ0) is 80.8. The molecule has 0 atom stereocenters. The predicted molar refractivity (Wildman–Crippen MR) is 462 cm³/mol. The molecule has 0 saturated carbocycles. The maximum absolute atomic E-state index is 4.97. The minimum atomic E-state index is 0.435. The lowest BCUT2D eigenvalue weighted by atomic mass is 10.0. The minimum absolute atomic E-state index is 0.435. The molecule has 0 fully saturated rings. The summed E-state index contributed by atoms with van der Waals surface area (Å²) in [6.45, 7) is 21.6. The van der Waals surface area contributed by atoms with E-state index in [1.165, 1.54) is 100 Å². The number of hydrogen-bond acceptors (Lipinski definition) is 10. The van der Waals surface area contributed by atoms with Crippen LogP contribution < -0.4 is 27.4 Å². The third-order valence-corrected chi connectivity index (χ3v) is 20.7. The second kappa shape index (κ2) is 36.3. The molecule has 0 aliphatic carbocycles. The maximum atomic E-state index is 4.97. The van der Waals surface area contributed by atoms with E-state index in [-0.39, 0.29) is 0 Å². The van der Waals surface area contributed by atoms with Gasteiger partial charge in [0.15, 0.2) is 29.1 Å². The molecular weight excluding hydrogens is 1410 g/mol. The Morgan fingerprint density at radius 3 is 1.19 bits per heavy atom. The fourth-order valence-corrected chi connectivity index (χ4v) is 14.6. The highest BCUT2D eigenvalue weighted by molar-refractivity contribution is 5.94. The molecule has 12 aromatic heterocycles. The van der Waals surface area contributed by atoms with Gasteiger partial charge in [0.2, 0.25) is 22.4 Å². The van der Waals surface area contributed by atoms with Crippen molar-refractivity contribution in [3.8, 4) is 67.5 Å². The summed E-state index contributed by atoms with van der Waals surface area (Å²) in [6, 6.07) is 75.3. The van der Waals surface area contributed by atoms with Crippen LogP contribution in [0.1, 0.15) is 78.4 Å². The van der Waals surface area contributed by atoms with E-state index in [2.05, 4.69) is 337 Å². The van der Waals surface area contributed by atoms with Crippen molar-refractivity contribution in [3.63, 3.8) is 0 Å². The van der Waals surface area contributed by atoms with Crippen molar-refractivity contribution in [1.29, 1.82) is 0 Å². The molecule has 0 radical (unpaired) electrons. The first-order valence-electron chi connectivity index (χ1n) is 39.0. The number of aryl methyl sites for hydroxylation is 12. The SMILES string of the molecule is Cc1ccccc1-c1c2cccnc2nc[n+]1C.Cc1ccccc1-c1c2ccncc2nc[n+]1C.Cc1ccccc1-c1c2cnccc2nc[n+]1C.Cc1ccccc1-c1c2nc(C(C)C)ccc2cc[n+]1C.Cc1ccccc1-c1c2nc(CC(C)C)ccc2cc[n+]1C.Cc1ccccc1-c1c2ncccc2nc[n+]1C. The monoisotopic (exact) mass is 1510 g/mol. The van der Waals surface area contributed by atoms with E-state index < -0.39 is 0 Å². The molecule has 0 N–H and O–H groups in total. The average molecular weight is 1510 g/mol. The van der Waals surface area contributed by atoms with Gasteiger partial charge in [-0.25, -0.2) is 38.2 Å². The summed E-state index contributed by atoms with van der Waals surface area (Å²) >= 11 is 0. The average Bonchev–Trinajstić information content (AvgIpc) is 0.807. The van der Waals surface area contributed by atoms with Crippen molar-refractivity contribution in [2.45, 2.75) is 81.6 Å². The largest absolute Gasteiger partial charge is 0.289 e. The molecule has 6 aromatic carbocycles. The summed E-state index contributed by atoms with van der Waals surface area (Å²) in [5.41, 5.74) is 31.0. The molecular formula is C99H100N16+6. The van der Waals surface area contributed by atoms with Crippen LogP contribution in [0.5, 0.6) is 0 Å². The zero-order valence-electron chi connectivity index (χ0n) is 68.7. The smallest absolute Gasteiger partial charge is 0.264 e. The second-order valence-corrected chi connectivity index (χ2v) is 30.0. The second-order valence-electron chi connectivity index (χ2n) is 30.0. The molecule has 12 heterocycles. The molecule has 18 rings (SSSR count). The first-order valence-corrected chi connectivity index (χ1v) is 39.0. The van der Waals surface area contributed by atoms with Gasteiger partial charge < -0.3 is 0 Å². The van der Waals surface area contributed by atoms with Crippen LogP contribution >= 0.6 is 0 Å². The van der Waals surface area contributed by atoms with Gasteiger partial charge in [-0.05, 0) is 168 Å². The Hall–Kier alpha value is -13.6. The fraction of sp³-hybridized carbons (Fsp3) is 0.192. The Balaban J connectivity index is 0.000000120. The fourth-order valence-electron chi connectivity index (χ4n) is 14.6. The van der Waals surface area contributed by atoms with Crippen LogP contribution in [0.4, 0.5) is 0 Å². The van der Waals surface area contributed by atoms with Gasteiger partial charge in [0.25, 0.3) is 31.0 Å². The molecule has 16 heteroatoms. The van der Waals surface area contributed by atoms with Crippen LogP contribution in [0.25, 0.3) is 133 Å². The summed E-state index contributed by atoms with van der Waals surface area (Å²) in [7, 11) is 12.2. The lowest BCUT2D eigenvalue weighted by Crippen LogP contribution is -2.32. The van der Waals surface area contributed by atoms with Gasteiger partial charge in [-0.15, -0.1) is 0 Å². The first kappa shape index (κ1) is 79.5. The van der Waals surface area contributed by atoms with Gasteiger partial charge in [-0.1, -0.05) is 173 Å². The van der Waals surface area contributed by atoms with E-state index in [1.54, 1.807) is 18.6 Å². The number of pyridine rings is 8. The molecule has 0 unspecified atom stereocenters. The Morgan fingerprint density at radius 1 is 0.287 bits per heavy atom. The Bertz CT molecular complexity index is 6030. The van der Waals surface area contributed by atoms with Crippen LogP contribution in [0, 0.1) is 47.5 Å². The van der Waals surface area contributed by atoms with Crippen molar-refractivity contribution >= 4 is 65.7 Å². The number of hydrogen-bond donors (Lipinski definition) is 0. The van der Waals surface area contributed by atoms with Crippen LogP contribution in [-0.2, 0) is 48.7 Å². The predicted octanol–water partition coefficient (Wildman–Crippen LogP) is 18.1. The molecule has 0 aliphatic heterocycles. The lowest BCUT2D eigenvalue weighted by molar-refractivity contribution is -0.662. The molecule has 0 bridgehead atoms. The standard InChI is InChI=1S/C20H23N2.C19H21N2.4C15H14N3/c1-14(2)13-17-10-9-16-11-12-22(4)20(19(16)21-17)18-8-6-5-7-15(18)3;1-13(2)17-10-9-15-11-12-21(4)19(18(15)20-17)16-8-6-5-7-14(16)3;1-11-6-3-4-7-12(11)15-14-13(8-5-9-16-14)17-10-18(15)2;1-11-6-3-4-7-12(11)14-13-8-5-9-16-15(13)17-10-18(14)2;1-11-5-3-4-6-12(11)15-13-9-16-8-7-14(13)17-10-18(15)2;1-11-5-3-4-6-12(11)15-13-7-8-16-9-14(13)17-10-18(15)2/h5-12,14H,13H2,1-4H3;5-13H,1-4H3;4*3-10H,1-2H3/q6*+1. The van der Waals surface area contributed by atoms with Crippen molar-refractivity contribution in [2.24, 2.45) is 48.2 Å². The van der Waals surface area contributed by atoms with Gasteiger partial charge in [0, 0.05) is 93.6 Å². The quantitative estimate of drug-likeness (QED) is 0.128. The Labute approximate surface area is 674 Å². The molecule has 0 amide bonds. The molecule has 0 saturated heterocycles. The minimum Gasteiger partial charge on any atom is -0.264 e. The summed E-state index contributed by atoms with van der Waals surface area (Å²) in [6.07, 6.45) is 23.4.